The van der Waals surface area contributed by atoms with Gasteiger partial charge >= 0.3 is 0 Å². The van der Waals surface area contributed by atoms with Gasteiger partial charge in [0.15, 0.2) is 0 Å². The van der Waals surface area contributed by atoms with E-state index in [0.29, 0.717) is 11.5 Å². The first-order valence-electron chi connectivity index (χ1n) is 12.5. The van der Waals surface area contributed by atoms with E-state index in [1.165, 1.54) is 0 Å². The van der Waals surface area contributed by atoms with Gasteiger partial charge in [0.05, 0.1) is 43.7 Å². The maximum Gasteiger partial charge on any atom is 0.243 e. The number of ether oxygens (including phenoxy) is 2. The van der Waals surface area contributed by atoms with Crippen molar-refractivity contribution >= 4 is 22.7 Å². The lowest BCUT2D eigenvalue weighted by molar-refractivity contribution is -0.152. The number of rotatable bonds is 6. The fraction of sp³-hybridized carbons (Fsp3) is 0.300. The van der Waals surface area contributed by atoms with Crippen LogP contribution in [-0.4, -0.2) is 40.4 Å². The number of nitrogens with zero attached hydrogens (tertiary/aromatic N) is 3. The third-order valence-corrected chi connectivity index (χ3v) is 7.48. The van der Waals surface area contributed by atoms with Gasteiger partial charge in [0.2, 0.25) is 5.91 Å². The molecule has 2 heterocycles. The molecule has 0 bridgehead atoms. The minimum Gasteiger partial charge on any atom is -0.496 e. The minimum absolute atomic E-state index is 0.0887. The monoisotopic (exact) mass is 497 g/mol. The molecule has 7 nitrogen and oxygen atoms in total. The quantitative estimate of drug-likeness (QED) is 0.365. The van der Waals surface area contributed by atoms with Crippen LogP contribution in [0.2, 0.25) is 0 Å². The molecule has 0 radical (unpaired) electrons. The molecule has 5 rings (SSSR count). The van der Waals surface area contributed by atoms with Crippen LogP contribution in [0.25, 0.3) is 11.0 Å². The number of carbonyl (C=O) groups is 2. The third kappa shape index (κ3) is 4.24. The summed E-state index contributed by atoms with van der Waals surface area (Å²) in [6.07, 6.45) is 1.70. The first-order valence-corrected chi connectivity index (χ1v) is 12.5. The van der Waals surface area contributed by atoms with Crippen molar-refractivity contribution in [2.45, 2.75) is 32.5 Å². The fourth-order valence-electron chi connectivity index (χ4n) is 5.71. The molecule has 3 aromatic carbocycles. The Morgan fingerprint density at radius 1 is 0.811 bits per heavy atom. The van der Waals surface area contributed by atoms with Crippen LogP contribution in [0.15, 0.2) is 79.1 Å². The summed E-state index contributed by atoms with van der Waals surface area (Å²) >= 11 is 0. The van der Waals surface area contributed by atoms with Crippen LogP contribution in [0.1, 0.15) is 37.1 Å². The normalized spacial score (nSPS) is 21.7. The van der Waals surface area contributed by atoms with E-state index in [2.05, 4.69) is 4.98 Å². The number of hydrogen-bond donors (Lipinski definition) is 0. The zero-order valence-electron chi connectivity index (χ0n) is 21.5. The summed E-state index contributed by atoms with van der Waals surface area (Å²) in [5.41, 5.74) is 3.32. The Morgan fingerprint density at radius 2 is 1.32 bits per heavy atom. The second-order valence-electron chi connectivity index (χ2n) is 9.52. The first-order chi connectivity index (χ1) is 18.0. The third-order valence-electron chi connectivity index (χ3n) is 7.48. The Hall–Kier alpha value is -4.13. The van der Waals surface area contributed by atoms with E-state index < -0.39 is 23.9 Å². The van der Waals surface area contributed by atoms with Crippen LogP contribution >= 0.6 is 0 Å². The lowest BCUT2D eigenvalue weighted by Gasteiger charge is -2.48. The molecule has 37 heavy (non-hydrogen) atoms. The lowest BCUT2D eigenvalue weighted by Crippen LogP contribution is -2.52. The summed E-state index contributed by atoms with van der Waals surface area (Å²) in [7, 11) is 3.22. The average molecular weight is 498 g/mol. The number of Topliss-reactive ketones (excluding diaryl/α,β-unsaturated/α-hetero) is 1. The van der Waals surface area contributed by atoms with E-state index >= 15 is 0 Å². The summed E-state index contributed by atoms with van der Waals surface area (Å²) in [5.74, 6) is 0.421. The number of hydrogen-bond acceptors (Lipinski definition) is 5. The van der Waals surface area contributed by atoms with E-state index in [1.54, 1.807) is 20.5 Å². The summed E-state index contributed by atoms with van der Waals surface area (Å²) < 4.78 is 13.3. The lowest BCUT2D eigenvalue weighted by atomic mass is 9.74. The van der Waals surface area contributed by atoms with Crippen LogP contribution in [0.3, 0.4) is 0 Å². The topological polar surface area (TPSA) is 73.7 Å². The molecule has 4 unspecified atom stereocenters. The number of benzene rings is 3. The van der Waals surface area contributed by atoms with E-state index in [0.717, 1.165) is 22.2 Å². The van der Waals surface area contributed by atoms with Crippen molar-refractivity contribution in [1.29, 1.82) is 0 Å². The molecule has 1 fully saturated rings. The van der Waals surface area contributed by atoms with E-state index in [4.69, 9.17) is 9.47 Å². The van der Waals surface area contributed by atoms with Gasteiger partial charge in [-0.2, -0.15) is 0 Å². The molecule has 4 aromatic rings. The molecule has 1 amide bonds. The highest BCUT2D eigenvalue weighted by molar-refractivity contribution is 5.89. The SMILES string of the molecule is COc1ccccc1C1C(C)C(=O)C(C)C(c2ccccc2OC)N1C(=O)Cn1cnc2ccccc21. The number of imidazole rings is 1. The molecular formula is C30H31N3O4. The summed E-state index contributed by atoms with van der Waals surface area (Å²) in [6.45, 7) is 3.90. The number of piperidine rings is 1. The summed E-state index contributed by atoms with van der Waals surface area (Å²) in [6, 6.07) is 21.9. The molecule has 0 aliphatic carbocycles. The maximum atomic E-state index is 14.4. The standard InChI is InChI=1S/C30H31N3O4/c1-19-28(21-11-5-9-15-25(21)36-3)33(27(34)17-32-18-31-23-13-7-8-14-24(23)32)29(20(2)30(19)35)22-12-6-10-16-26(22)37-4/h5-16,18-20,28-29H,17H2,1-4H3. The molecule has 1 aliphatic heterocycles. The van der Waals surface area contributed by atoms with Gasteiger partial charge in [-0.1, -0.05) is 62.4 Å². The van der Waals surface area contributed by atoms with E-state index in [1.807, 2.05) is 96.1 Å². The van der Waals surface area contributed by atoms with Crippen molar-refractivity contribution in [3.8, 4) is 11.5 Å². The molecule has 0 N–H and O–H groups in total. The van der Waals surface area contributed by atoms with Gasteiger partial charge in [-0.05, 0) is 24.3 Å². The molecule has 1 aliphatic rings. The maximum absolute atomic E-state index is 14.4. The zero-order valence-corrected chi connectivity index (χ0v) is 21.5. The van der Waals surface area contributed by atoms with Crippen molar-refractivity contribution in [1.82, 2.24) is 14.5 Å². The van der Waals surface area contributed by atoms with Crippen molar-refractivity contribution in [2.24, 2.45) is 11.8 Å². The van der Waals surface area contributed by atoms with Gasteiger partial charge in [0.1, 0.15) is 23.8 Å². The molecule has 0 spiro atoms. The predicted molar refractivity (Wildman–Crippen MR) is 141 cm³/mol. The van der Waals surface area contributed by atoms with Gasteiger partial charge < -0.3 is 18.9 Å². The Labute approximate surface area is 216 Å². The Balaban J connectivity index is 1.68. The Morgan fingerprint density at radius 3 is 1.89 bits per heavy atom. The van der Waals surface area contributed by atoms with Gasteiger partial charge in [0, 0.05) is 23.0 Å². The van der Waals surface area contributed by atoms with Gasteiger partial charge in [0.25, 0.3) is 0 Å². The number of ketones is 1. The molecule has 7 heteroatoms. The highest BCUT2D eigenvalue weighted by atomic mass is 16.5. The van der Waals surface area contributed by atoms with Crippen LogP contribution in [-0.2, 0) is 16.1 Å². The van der Waals surface area contributed by atoms with Crippen molar-refractivity contribution in [3.05, 3.63) is 90.3 Å². The first kappa shape index (κ1) is 24.6. The van der Waals surface area contributed by atoms with Crippen LogP contribution in [0.4, 0.5) is 0 Å². The highest BCUT2D eigenvalue weighted by Gasteiger charge is 2.49. The number of methoxy groups -OCH3 is 2. The molecule has 0 saturated carbocycles. The number of aromatic nitrogens is 2. The Bertz CT molecular complexity index is 1380. The summed E-state index contributed by atoms with van der Waals surface area (Å²) in [5, 5.41) is 0. The van der Waals surface area contributed by atoms with Crippen molar-refractivity contribution in [2.75, 3.05) is 14.2 Å². The highest BCUT2D eigenvalue weighted by Crippen LogP contribution is 2.49. The largest absolute Gasteiger partial charge is 0.496 e. The van der Waals surface area contributed by atoms with Gasteiger partial charge in [-0.3, -0.25) is 9.59 Å². The van der Waals surface area contributed by atoms with Crippen LogP contribution in [0.5, 0.6) is 11.5 Å². The number of likely N-dealkylation sites (tertiary alicyclic amines) is 1. The number of fused-ring (bicyclic) bond motifs is 1. The van der Waals surface area contributed by atoms with E-state index in [-0.39, 0.29) is 18.2 Å². The average Bonchev–Trinajstić information content (AvgIpc) is 3.34. The summed E-state index contributed by atoms with van der Waals surface area (Å²) in [4.78, 5) is 34.4. The Kier molecular flexibility index (Phi) is 6.70. The second kappa shape index (κ2) is 10.1. The van der Waals surface area contributed by atoms with Crippen LogP contribution < -0.4 is 9.47 Å². The van der Waals surface area contributed by atoms with E-state index in [9.17, 15) is 9.59 Å². The predicted octanol–water partition coefficient (Wildman–Crippen LogP) is 5.22. The van der Waals surface area contributed by atoms with Gasteiger partial charge in [-0.25, -0.2) is 4.98 Å². The molecule has 190 valence electrons. The molecule has 1 saturated heterocycles. The fourth-order valence-corrected chi connectivity index (χ4v) is 5.71. The molecular weight excluding hydrogens is 466 g/mol. The number of carbonyl (C=O) groups excluding carboxylic acids is 2. The minimum atomic E-state index is -0.517. The number of amides is 1. The van der Waals surface area contributed by atoms with Crippen molar-refractivity contribution in [3.63, 3.8) is 0 Å². The zero-order chi connectivity index (χ0) is 26.1. The van der Waals surface area contributed by atoms with Crippen LogP contribution in [0, 0.1) is 11.8 Å². The molecule has 1 aromatic heterocycles. The van der Waals surface area contributed by atoms with Crippen molar-refractivity contribution < 1.29 is 19.1 Å². The van der Waals surface area contributed by atoms with Gasteiger partial charge in [-0.15, -0.1) is 0 Å². The smallest absolute Gasteiger partial charge is 0.243 e. The second-order valence-corrected chi connectivity index (χ2v) is 9.52. The number of para-hydroxylation sites is 4. The molecule has 4 atom stereocenters.